The van der Waals surface area contributed by atoms with Gasteiger partial charge in [-0.25, -0.2) is 4.79 Å². The van der Waals surface area contributed by atoms with Crippen molar-refractivity contribution in [1.29, 1.82) is 0 Å². The highest BCUT2D eigenvalue weighted by Gasteiger charge is 2.29. The van der Waals surface area contributed by atoms with Crippen LogP contribution in [0.2, 0.25) is 0 Å². The van der Waals surface area contributed by atoms with Gasteiger partial charge < -0.3 is 19.9 Å². The van der Waals surface area contributed by atoms with Crippen molar-refractivity contribution >= 4 is 16.9 Å². The largest absolute Gasteiger partial charge is 0.497 e. The highest BCUT2D eigenvalue weighted by molar-refractivity contribution is 5.86. The monoisotopic (exact) mass is 301 g/mol. The van der Waals surface area contributed by atoms with Gasteiger partial charge in [0.2, 0.25) is 0 Å². The molecule has 5 heteroatoms. The summed E-state index contributed by atoms with van der Waals surface area (Å²) >= 11 is 0. The molecule has 1 atom stereocenters. The third-order valence-corrected chi connectivity index (χ3v) is 4.62. The number of H-pyrrole nitrogens is 1. The van der Waals surface area contributed by atoms with Crippen molar-refractivity contribution < 1.29 is 9.53 Å². The zero-order chi connectivity index (χ0) is 15.7. The van der Waals surface area contributed by atoms with E-state index < -0.39 is 0 Å². The van der Waals surface area contributed by atoms with E-state index in [0.717, 1.165) is 37.1 Å². The lowest BCUT2D eigenvalue weighted by molar-refractivity contribution is 0.194. The maximum Gasteiger partial charge on any atom is 0.317 e. The number of benzene rings is 1. The molecule has 0 aliphatic carbocycles. The molecule has 2 heterocycles. The minimum atomic E-state index is 0.0255. The van der Waals surface area contributed by atoms with E-state index in [1.165, 1.54) is 16.6 Å². The van der Waals surface area contributed by atoms with E-state index >= 15 is 0 Å². The van der Waals surface area contributed by atoms with Gasteiger partial charge in [-0.15, -0.1) is 0 Å². The Kier molecular flexibility index (Phi) is 3.96. The molecule has 22 heavy (non-hydrogen) atoms. The number of carbonyl (C=O) groups excluding carboxylic acids is 1. The number of urea groups is 1. The number of ether oxygens (including phenoxy) is 1. The lowest BCUT2D eigenvalue weighted by atomic mass is 10.0. The number of rotatable bonds is 3. The van der Waals surface area contributed by atoms with Crippen LogP contribution in [0, 0.1) is 6.92 Å². The number of fused-ring (bicyclic) bond motifs is 1. The van der Waals surface area contributed by atoms with E-state index in [1.54, 1.807) is 14.2 Å². The molecule has 1 unspecified atom stereocenters. The molecule has 3 rings (SSSR count). The Bertz CT molecular complexity index is 693. The smallest absolute Gasteiger partial charge is 0.317 e. The molecule has 0 radical (unpaired) electrons. The Morgan fingerprint density at radius 2 is 2.32 bits per heavy atom. The molecule has 1 aromatic heterocycles. The first-order valence-electron chi connectivity index (χ1n) is 7.77. The molecule has 1 fully saturated rings. The number of nitrogens with one attached hydrogen (secondary N) is 2. The van der Waals surface area contributed by atoms with E-state index in [-0.39, 0.29) is 12.1 Å². The molecule has 5 nitrogen and oxygen atoms in total. The van der Waals surface area contributed by atoms with Gasteiger partial charge in [0.1, 0.15) is 5.75 Å². The van der Waals surface area contributed by atoms with Gasteiger partial charge in [0, 0.05) is 36.2 Å². The molecule has 1 saturated heterocycles. The van der Waals surface area contributed by atoms with Crippen molar-refractivity contribution in [2.24, 2.45) is 0 Å². The zero-order valence-electron chi connectivity index (χ0n) is 13.4. The first-order valence-corrected chi connectivity index (χ1v) is 7.77. The number of hydrogen-bond acceptors (Lipinski definition) is 2. The summed E-state index contributed by atoms with van der Waals surface area (Å²) in [6.07, 6.45) is 3.01. The average Bonchev–Trinajstić information content (AvgIpc) is 3.11. The van der Waals surface area contributed by atoms with Gasteiger partial charge in [-0.3, -0.25) is 0 Å². The summed E-state index contributed by atoms with van der Waals surface area (Å²) in [5.74, 6) is 0.863. The van der Waals surface area contributed by atoms with E-state index in [9.17, 15) is 4.79 Å². The van der Waals surface area contributed by atoms with Crippen molar-refractivity contribution in [3.05, 3.63) is 29.5 Å². The molecule has 0 saturated carbocycles. The fourth-order valence-electron chi connectivity index (χ4n) is 3.45. The van der Waals surface area contributed by atoms with Gasteiger partial charge in [-0.1, -0.05) is 0 Å². The van der Waals surface area contributed by atoms with E-state index in [1.807, 2.05) is 11.0 Å². The molecular weight excluding hydrogens is 278 g/mol. The predicted octanol–water partition coefficient (Wildman–Crippen LogP) is 2.83. The summed E-state index contributed by atoms with van der Waals surface area (Å²) in [5.41, 5.74) is 3.58. The Morgan fingerprint density at radius 1 is 1.50 bits per heavy atom. The average molecular weight is 301 g/mol. The fraction of sp³-hybridized carbons (Fsp3) is 0.471. The zero-order valence-corrected chi connectivity index (χ0v) is 13.4. The molecule has 2 N–H and O–H groups in total. The Hall–Kier alpha value is -2.17. The summed E-state index contributed by atoms with van der Waals surface area (Å²) in [4.78, 5) is 17.4. The van der Waals surface area contributed by atoms with Crippen LogP contribution >= 0.6 is 0 Å². The number of aryl methyl sites for hydroxylation is 1. The van der Waals surface area contributed by atoms with Crippen LogP contribution in [0.25, 0.3) is 10.9 Å². The van der Waals surface area contributed by atoms with Crippen LogP contribution in [0.4, 0.5) is 4.79 Å². The second kappa shape index (κ2) is 5.91. The SMILES string of the molecule is CNC(=O)N1CCCC1Cc1c(C)[nH]c2ccc(OC)cc12. The first-order chi connectivity index (χ1) is 10.6. The van der Waals surface area contributed by atoms with E-state index in [0.29, 0.717) is 0 Å². The summed E-state index contributed by atoms with van der Waals surface area (Å²) in [5, 5.41) is 3.94. The van der Waals surface area contributed by atoms with Gasteiger partial charge in [-0.05, 0) is 49.9 Å². The van der Waals surface area contributed by atoms with Crippen molar-refractivity contribution in [2.75, 3.05) is 20.7 Å². The highest BCUT2D eigenvalue weighted by atomic mass is 16.5. The Balaban J connectivity index is 1.92. The van der Waals surface area contributed by atoms with Crippen LogP contribution in [-0.2, 0) is 6.42 Å². The van der Waals surface area contributed by atoms with Crippen LogP contribution in [0.1, 0.15) is 24.1 Å². The van der Waals surface area contributed by atoms with Crippen LogP contribution < -0.4 is 10.1 Å². The van der Waals surface area contributed by atoms with Crippen LogP contribution in [0.5, 0.6) is 5.75 Å². The van der Waals surface area contributed by atoms with Crippen molar-refractivity contribution in [3.63, 3.8) is 0 Å². The lowest BCUT2D eigenvalue weighted by Gasteiger charge is -2.24. The molecule has 1 aromatic carbocycles. The quantitative estimate of drug-likeness (QED) is 0.916. The van der Waals surface area contributed by atoms with E-state index in [2.05, 4.69) is 29.4 Å². The summed E-state index contributed by atoms with van der Waals surface area (Å²) in [6, 6.07) is 6.39. The van der Waals surface area contributed by atoms with Gasteiger partial charge in [-0.2, -0.15) is 0 Å². The van der Waals surface area contributed by atoms with Crippen molar-refractivity contribution in [1.82, 2.24) is 15.2 Å². The molecule has 0 bridgehead atoms. The Labute approximate surface area is 130 Å². The number of aromatic amines is 1. The third-order valence-electron chi connectivity index (χ3n) is 4.62. The number of methoxy groups -OCH3 is 1. The first kappa shape index (κ1) is 14.8. The maximum atomic E-state index is 12.0. The van der Waals surface area contributed by atoms with Gasteiger partial charge >= 0.3 is 6.03 Å². The summed E-state index contributed by atoms with van der Waals surface area (Å²) in [7, 11) is 3.38. The number of hydrogen-bond donors (Lipinski definition) is 2. The molecule has 0 spiro atoms. The number of nitrogens with zero attached hydrogens (tertiary/aromatic N) is 1. The van der Waals surface area contributed by atoms with Gasteiger partial charge in [0.25, 0.3) is 0 Å². The minimum Gasteiger partial charge on any atom is -0.497 e. The number of amides is 2. The number of likely N-dealkylation sites (tertiary alicyclic amines) is 1. The third kappa shape index (κ3) is 2.51. The number of carbonyl (C=O) groups is 1. The number of aromatic nitrogens is 1. The molecular formula is C17H23N3O2. The molecule has 118 valence electrons. The normalized spacial score (nSPS) is 18.0. The van der Waals surface area contributed by atoms with Gasteiger partial charge in [0.05, 0.1) is 7.11 Å². The molecule has 2 aromatic rings. The van der Waals surface area contributed by atoms with Gasteiger partial charge in [0.15, 0.2) is 0 Å². The van der Waals surface area contributed by atoms with Crippen LogP contribution in [0.3, 0.4) is 0 Å². The summed E-state index contributed by atoms with van der Waals surface area (Å²) < 4.78 is 5.34. The van der Waals surface area contributed by atoms with Crippen LogP contribution in [0.15, 0.2) is 18.2 Å². The predicted molar refractivity (Wildman–Crippen MR) is 87.5 cm³/mol. The molecule has 1 aliphatic rings. The maximum absolute atomic E-state index is 12.0. The van der Waals surface area contributed by atoms with Crippen molar-refractivity contribution in [2.45, 2.75) is 32.2 Å². The van der Waals surface area contributed by atoms with Crippen LogP contribution in [-0.4, -0.2) is 42.7 Å². The molecule has 1 aliphatic heterocycles. The Morgan fingerprint density at radius 3 is 3.05 bits per heavy atom. The standard InChI is InChI=1S/C17H23N3O2/c1-11-14(9-12-5-4-8-20(12)17(21)18-2)15-10-13(22-3)6-7-16(15)19-11/h6-7,10,12,19H,4-5,8-9H2,1-3H3,(H,18,21). The molecule has 2 amide bonds. The second-order valence-electron chi connectivity index (χ2n) is 5.89. The second-order valence-corrected chi connectivity index (χ2v) is 5.89. The minimum absolute atomic E-state index is 0.0255. The summed E-state index contributed by atoms with van der Waals surface area (Å²) in [6.45, 7) is 2.94. The van der Waals surface area contributed by atoms with Crippen molar-refractivity contribution in [3.8, 4) is 5.75 Å². The lowest BCUT2D eigenvalue weighted by Crippen LogP contribution is -2.42. The topological polar surface area (TPSA) is 57.4 Å². The van der Waals surface area contributed by atoms with E-state index in [4.69, 9.17) is 4.74 Å². The fourth-order valence-corrected chi connectivity index (χ4v) is 3.45. The highest BCUT2D eigenvalue weighted by Crippen LogP contribution is 2.30.